The zero-order valence-electron chi connectivity index (χ0n) is 11.5. The second-order valence-electron chi connectivity index (χ2n) is 4.23. The Hall–Kier alpha value is -0.980. The van der Waals surface area contributed by atoms with Gasteiger partial charge in [0.25, 0.3) is 0 Å². The Labute approximate surface area is 121 Å². The van der Waals surface area contributed by atoms with Gasteiger partial charge >= 0.3 is 0 Å². The first-order chi connectivity index (χ1) is 9.24. The predicted octanol–water partition coefficient (Wildman–Crippen LogP) is 3.59. The maximum absolute atomic E-state index is 5.01. The topological polar surface area (TPSA) is 47.0 Å². The van der Waals surface area contributed by atoms with Crippen molar-refractivity contribution >= 4 is 27.8 Å². The Kier molecular flexibility index (Phi) is 5.30. The van der Waals surface area contributed by atoms with Gasteiger partial charge < -0.3 is 10.1 Å². The summed E-state index contributed by atoms with van der Waals surface area (Å²) in [5.41, 5.74) is 2.12. The highest BCUT2D eigenvalue weighted by Crippen LogP contribution is 2.32. The van der Waals surface area contributed by atoms with Crippen molar-refractivity contribution < 1.29 is 4.74 Å². The van der Waals surface area contributed by atoms with Crippen molar-refractivity contribution in [3.8, 4) is 10.6 Å². The molecule has 0 spiro atoms. The van der Waals surface area contributed by atoms with Gasteiger partial charge in [0.2, 0.25) is 0 Å². The number of hydrogen-bond donors (Lipinski definition) is 1. The molecule has 0 atom stereocenters. The molecule has 0 aromatic carbocycles. The van der Waals surface area contributed by atoms with Crippen molar-refractivity contribution in [3.63, 3.8) is 0 Å². The third kappa shape index (κ3) is 3.75. The molecule has 0 aliphatic rings. The molecule has 0 aliphatic heterocycles. The minimum atomic E-state index is 0.690. The number of anilines is 1. The van der Waals surface area contributed by atoms with Crippen LogP contribution in [0, 0.1) is 6.92 Å². The number of nitrogens with one attached hydrogen (secondary N) is 1. The summed E-state index contributed by atoms with van der Waals surface area (Å²) in [5.74, 6) is 0. The zero-order valence-corrected chi connectivity index (χ0v) is 13.2. The number of ether oxygens (including phenoxy) is 1. The average molecular weight is 297 g/mol. The van der Waals surface area contributed by atoms with Crippen LogP contribution in [0.1, 0.15) is 24.0 Å². The highest BCUT2D eigenvalue weighted by molar-refractivity contribution is 7.16. The second kappa shape index (κ2) is 6.98. The standard InChI is InChI=1S/C13H19N3OS2/c1-4-5-11-15-9(2)12(19-11)10-8-18-13(16-10)14-6-7-17-3/h8H,4-7H2,1-3H3,(H,14,16). The van der Waals surface area contributed by atoms with Crippen LogP contribution in [-0.4, -0.2) is 30.2 Å². The Morgan fingerprint density at radius 3 is 2.95 bits per heavy atom. The molecule has 0 unspecified atom stereocenters. The van der Waals surface area contributed by atoms with Crippen molar-refractivity contribution in [3.05, 3.63) is 16.1 Å². The molecule has 2 aromatic heterocycles. The Bertz CT molecular complexity index is 522. The van der Waals surface area contributed by atoms with Gasteiger partial charge in [-0.3, -0.25) is 0 Å². The molecule has 0 radical (unpaired) electrons. The third-order valence-electron chi connectivity index (χ3n) is 2.62. The molecule has 2 heterocycles. The lowest BCUT2D eigenvalue weighted by Gasteiger charge is -1.99. The van der Waals surface area contributed by atoms with Crippen molar-refractivity contribution in [2.45, 2.75) is 26.7 Å². The normalized spacial score (nSPS) is 10.9. The van der Waals surface area contributed by atoms with Gasteiger partial charge in [-0.15, -0.1) is 22.7 Å². The summed E-state index contributed by atoms with van der Waals surface area (Å²) in [6.45, 7) is 5.71. The third-order valence-corrected chi connectivity index (χ3v) is 4.66. The van der Waals surface area contributed by atoms with Crippen molar-refractivity contribution in [1.29, 1.82) is 0 Å². The molecule has 0 fully saturated rings. The van der Waals surface area contributed by atoms with E-state index < -0.39 is 0 Å². The van der Waals surface area contributed by atoms with Gasteiger partial charge in [0.15, 0.2) is 5.13 Å². The van der Waals surface area contributed by atoms with Crippen LogP contribution in [0.15, 0.2) is 5.38 Å². The predicted molar refractivity (Wildman–Crippen MR) is 82.3 cm³/mol. The van der Waals surface area contributed by atoms with E-state index in [0.717, 1.165) is 35.9 Å². The van der Waals surface area contributed by atoms with Crippen LogP contribution >= 0.6 is 22.7 Å². The lowest BCUT2D eigenvalue weighted by atomic mass is 10.3. The lowest BCUT2D eigenvalue weighted by Crippen LogP contribution is -2.06. The van der Waals surface area contributed by atoms with Gasteiger partial charge in [0.05, 0.1) is 27.9 Å². The van der Waals surface area contributed by atoms with E-state index in [1.165, 1.54) is 9.88 Å². The summed E-state index contributed by atoms with van der Waals surface area (Å²) < 4.78 is 5.01. The zero-order chi connectivity index (χ0) is 13.7. The largest absolute Gasteiger partial charge is 0.383 e. The van der Waals surface area contributed by atoms with Crippen LogP contribution in [0.3, 0.4) is 0 Å². The van der Waals surface area contributed by atoms with Crippen molar-refractivity contribution in [1.82, 2.24) is 9.97 Å². The summed E-state index contributed by atoms with van der Waals surface area (Å²) in [7, 11) is 1.70. The van der Waals surface area contributed by atoms with E-state index in [0.29, 0.717) is 6.61 Å². The highest BCUT2D eigenvalue weighted by Gasteiger charge is 2.12. The smallest absolute Gasteiger partial charge is 0.183 e. The average Bonchev–Trinajstić information content (AvgIpc) is 2.97. The molecular formula is C13H19N3OS2. The number of rotatable bonds is 7. The van der Waals surface area contributed by atoms with Crippen LogP contribution in [0.4, 0.5) is 5.13 Å². The summed E-state index contributed by atoms with van der Waals surface area (Å²) in [4.78, 5) is 10.4. The second-order valence-corrected chi connectivity index (χ2v) is 6.17. The molecule has 6 heteroatoms. The van der Waals surface area contributed by atoms with Gasteiger partial charge in [-0.2, -0.15) is 0 Å². The van der Waals surface area contributed by atoms with E-state index in [9.17, 15) is 0 Å². The van der Waals surface area contributed by atoms with Crippen LogP contribution < -0.4 is 5.32 Å². The van der Waals surface area contributed by atoms with E-state index >= 15 is 0 Å². The number of thiazole rings is 2. The number of nitrogens with zero attached hydrogens (tertiary/aromatic N) is 2. The minimum Gasteiger partial charge on any atom is -0.383 e. The number of methoxy groups -OCH3 is 1. The van der Waals surface area contributed by atoms with E-state index in [1.807, 2.05) is 0 Å². The number of aromatic nitrogens is 2. The molecule has 0 amide bonds. The molecule has 0 saturated heterocycles. The maximum Gasteiger partial charge on any atom is 0.183 e. The van der Waals surface area contributed by atoms with Gasteiger partial charge in [-0.1, -0.05) is 6.92 Å². The summed E-state index contributed by atoms with van der Waals surface area (Å²) in [6, 6.07) is 0. The molecule has 4 nitrogen and oxygen atoms in total. The van der Waals surface area contributed by atoms with E-state index in [4.69, 9.17) is 4.74 Å². The molecular weight excluding hydrogens is 278 g/mol. The summed E-state index contributed by atoms with van der Waals surface area (Å²) >= 11 is 3.39. The van der Waals surface area contributed by atoms with Crippen LogP contribution in [-0.2, 0) is 11.2 Å². The van der Waals surface area contributed by atoms with Crippen LogP contribution in [0.2, 0.25) is 0 Å². The molecule has 0 aliphatic carbocycles. The molecule has 104 valence electrons. The first-order valence-electron chi connectivity index (χ1n) is 6.39. The Morgan fingerprint density at radius 2 is 2.21 bits per heavy atom. The van der Waals surface area contributed by atoms with Gasteiger partial charge in [-0.05, 0) is 19.8 Å². The van der Waals surface area contributed by atoms with Gasteiger partial charge in [-0.25, -0.2) is 9.97 Å². The molecule has 19 heavy (non-hydrogen) atoms. The monoisotopic (exact) mass is 297 g/mol. The first-order valence-corrected chi connectivity index (χ1v) is 8.09. The van der Waals surface area contributed by atoms with Crippen LogP contribution in [0.25, 0.3) is 10.6 Å². The number of aryl methyl sites for hydroxylation is 2. The Morgan fingerprint density at radius 1 is 1.37 bits per heavy atom. The molecule has 0 saturated carbocycles. The molecule has 1 N–H and O–H groups in total. The van der Waals surface area contributed by atoms with E-state index in [-0.39, 0.29) is 0 Å². The minimum absolute atomic E-state index is 0.690. The molecule has 2 aromatic rings. The van der Waals surface area contributed by atoms with Crippen LogP contribution in [0.5, 0.6) is 0 Å². The van der Waals surface area contributed by atoms with E-state index in [1.54, 1.807) is 29.8 Å². The fraction of sp³-hybridized carbons (Fsp3) is 0.538. The van der Waals surface area contributed by atoms with Gasteiger partial charge in [0, 0.05) is 19.0 Å². The Balaban J connectivity index is 2.09. The van der Waals surface area contributed by atoms with E-state index in [2.05, 4.69) is 34.5 Å². The maximum atomic E-state index is 5.01. The van der Waals surface area contributed by atoms with Crippen molar-refractivity contribution in [2.24, 2.45) is 0 Å². The van der Waals surface area contributed by atoms with Gasteiger partial charge in [0.1, 0.15) is 0 Å². The quantitative estimate of drug-likeness (QED) is 0.793. The fourth-order valence-electron chi connectivity index (χ4n) is 1.73. The SMILES string of the molecule is CCCc1nc(C)c(-c2csc(NCCOC)n2)s1. The lowest BCUT2D eigenvalue weighted by molar-refractivity contribution is 0.211. The van der Waals surface area contributed by atoms with Crippen molar-refractivity contribution in [2.75, 3.05) is 25.6 Å². The molecule has 0 bridgehead atoms. The summed E-state index contributed by atoms with van der Waals surface area (Å²) in [6.07, 6.45) is 2.18. The highest BCUT2D eigenvalue weighted by atomic mass is 32.1. The number of hydrogen-bond acceptors (Lipinski definition) is 6. The molecule has 2 rings (SSSR count). The fourth-order valence-corrected chi connectivity index (χ4v) is 3.66. The summed E-state index contributed by atoms with van der Waals surface area (Å²) in [5, 5.41) is 7.49. The first kappa shape index (κ1) is 14.4.